The molecule has 4 aromatic heterocycles. The van der Waals surface area contributed by atoms with Crippen molar-refractivity contribution in [2.45, 2.75) is 0 Å². The van der Waals surface area contributed by atoms with Gasteiger partial charge in [-0.2, -0.15) is 9.61 Å². The van der Waals surface area contributed by atoms with E-state index in [4.69, 9.17) is 4.98 Å². The van der Waals surface area contributed by atoms with Gasteiger partial charge in [-0.3, -0.25) is 0 Å². The molecule has 0 saturated heterocycles. The van der Waals surface area contributed by atoms with Crippen LogP contribution >= 0.6 is 0 Å². The van der Waals surface area contributed by atoms with Crippen LogP contribution in [0.3, 0.4) is 0 Å². The number of pyridine rings is 1. The summed E-state index contributed by atoms with van der Waals surface area (Å²) in [5.41, 5.74) is 3.69. The summed E-state index contributed by atoms with van der Waals surface area (Å²) in [6.45, 7) is 0. The van der Waals surface area contributed by atoms with Crippen molar-refractivity contribution in [3.8, 4) is 11.3 Å². The van der Waals surface area contributed by atoms with E-state index in [9.17, 15) is 4.79 Å². The summed E-state index contributed by atoms with van der Waals surface area (Å²) in [6.07, 6.45) is 5.34. The minimum absolute atomic E-state index is 0.326. The summed E-state index contributed by atoms with van der Waals surface area (Å²) < 4.78 is 3.62. The van der Waals surface area contributed by atoms with Crippen LogP contribution in [0.4, 0.5) is 16.3 Å². The van der Waals surface area contributed by atoms with E-state index in [1.807, 2.05) is 43.1 Å². The minimum Gasteiger partial charge on any atom is -0.373 e. The number of hydrogen-bond acceptors (Lipinski definition) is 5. The Hall–Kier alpha value is -3.62. The first-order valence-electron chi connectivity index (χ1n) is 8.08. The number of aryl methyl sites for hydroxylation is 1. The molecule has 0 aromatic carbocycles. The van der Waals surface area contributed by atoms with E-state index in [2.05, 4.69) is 26.0 Å². The second-order valence-electron chi connectivity index (χ2n) is 5.80. The van der Waals surface area contributed by atoms with E-state index in [-0.39, 0.29) is 6.03 Å². The van der Waals surface area contributed by atoms with E-state index < -0.39 is 0 Å². The smallest absolute Gasteiger partial charge is 0.319 e. The van der Waals surface area contributed by atoms with E-state index in [0.717, 1.165) is 28.1 Å². The highest BCUT2D eigenvalue weighted by atomic mass is 16.2. The van der Waals surface area contributed by atoms with E-state index in [0.29, 0.717) is 11.3 Å². The number of amides is 2. The lowest BCUT2D eigenvalue weighted by molar-refractivity contribution is 0.254. The van der Waals surface area contributed by atoms with Crippen LogP contribution in [0.15, 0.2) is 36.8 Å². The largest absolute Gasteiger partial charge is 0.373 e. The molecule has 26 heavy (non-hydrogen) atoms. The highest BCUT2D eigenvalue weighted by Crippen LogP contribution is 2.31. The molecule has 0 fully saturated rings. The lowest BCUT2D eigenvalue weighted by Crippen LogP contribution is -2.24. The summed E-state index contributed by atoms with van der Waals surface area (Å²) in [5, 5.41) is 13.7. The fourth-order valence-electron chi connectivity index (χ4n) is 2.97. The highest BCUT2D eigenvalue weighted by Gasteiger charge is 2.16. The average Bonchev–Trinajstić information content (AvgIpc) is 3.22. The molecule has 0 atom stereocenters. The van der Waals surface area contributed by atoms with Gasteiger partial charge >= 0.3 is 6.03 Å². The van der Waals surface area contributed by atoms with Crippen LogP contribution < -0.4 is 16.0 Å². The third-order valence-corrected chi connectivity index (χ3v) is 4.21. The zero-order chi connectivity index (χ0) is 18.3. The van der Waals surface area contributed by atoms with Crippen LogP contribution in [0.2, 0.25) is 0 Å². The monoisotopic (exact) mass is 350 g/mol. The van der Waals surface area contributed by atoms with Gasteiger partial charge in [-0.25, -0.2) is 14.8 Å². The zero-order valence-corrected chi connectivity index (χ0v) is 14.6. The van der Waals surface area contributed by atoms with Crippen LogP contribution in [0.5, 0.6) is 0 Å². The molecule has 132 valence electrons. The molecule has 4 heterocycles. The Balaban J connectivity index is 1.95. The Morgan fingerprint density at radius 3 is 2.85 bits per heavy atom. The molecule has 9 nitrogen and oxygen atoms in total. The maximum absolute atomic E-state index is 11.7. The number of carbonyl (C=O) groups is 1. The Bertz CT molecular complexity index is 1130. The number of fused-ring (bicyclic) bond motifs is 2. The molecule has 0 bridgehead atoms. The summed E-state index contributed by atoms with van der Waals surface area (Å²) >= 11 is 0. The van der Waals surface area contributed by atoms with Crippen molar-refractivity contribution < 1.29 is 4.79 Å². The zero-order valence-electron chi connectivity index (χ0n) is 14.6. The fourth-order valence-corrected chi connectivity index (χ4v) is 2.97. The predicted octanol–water partition coefficient (Wildman–Crippen LogP) is 2.08. The molecule has 0 aliphatic carbocycles. The van der Waals surface area contributed by atoms with Gasteiger partial charge in [-0.05, 0) is 12.1 Å². The SMILES string of the molecule is CNC(=O)Nc1cnn2c(NC)cc(-c3cn(C)c4ncccc34)nc12. The molecule has 0 spiro atoms. The Morgan fingerprint density at radius 2 is 2.08 bits per heavy atom. The number of nitrogens with zero attached hydrogens (tertiary/aromatic N) is 5. The third-order valence-electron chi connectivity index (χ3n) is 4.21. The molecule has 0 radical (unpaired) electrons. The van der Waals surface area contributed by atoms with Crippen molar-refractivity contribution in [2.24, 2.45) is 7.05 Å². The summed E-state index contributed by atoms with van der Waals surface area (Å²) in [7, 11) is 5.33. The quantitative estimate of drug-likeness (QED) is 0.525. The highest BCUT2D eigenvalue weighted by molar-refractivity contribution is 5.96. The summed E-state index contributed by atoms with van der Waals surface area (Å²) in [4.78, 5) is 20.9. The number of urea groups is 1. The Labute approximate surface area is 149 Å². The molecule has 9 heteroatoms. The van der Waals surface area contributed by atoms with Crippen molar-refractivity contribution in [3.63, 3.8) is 0 Å². The predicted molar refractivity (Wildman–Crippen MR) is 100 cm³/mol. The first-order valence-corrected chi connectivity index (χ1v) is 8.08. The van der Waals surface area contributed by atoms with Gasteiger partial charge in [-0.1, -0.05) is 0 Å². The normalized spacial score (nSPS) is 11.0. The van der Waals surface area contributed by atoms with Gasteiger partial charge in [0, 0.05) is 50.6 Å². The van der Waals surface area contributed by atoms with Gasteiger partial charge in [0.15, 0.2) is 5.65 Å². The van der Waals surface area contributed by atoms with E-state index in [1.165, 1.54) is 0 Å². The van der Waals surface area contributed by atoms with Gasteiger partial charge in [0.1, 0.15) is 17.2 Å². The maximum Gasteiger partial charge on any atom is 0.319 e. The second kappa shape index (κ2) is 6.03. The third kappa shape index (κ3) is 2.41. The first kappa shape index (κ1) is 15.9. The number of nitrogens with one attached hydrogen (secondary N) is 3. The van der Waals surface area contributed by atoms with Crippen LogP contribution in [0, 0.1) is 0 Å². The molecular formula is C17H18N8O. The molecule has 0 saturated carbocycles. The number of rotatable bonds is 3. The Kier molecular flexibility index (Phi) is 3.68. The molecule has 4 rings (SSSR count). The van der Waals surface area contributed by atoms with Crippen molar-refractivity contribution in [3.05, 3.63) is 36.8 Å². The van der Waals surface area contributed by atoms with Crippen molar-refractivity contribution in [1.29, 1.82) is 0 Å². The van der Waals surface area contributed by atoms with Crippen LogP contribution in [-0.4, -0.2) is 44.3 Å². The molecule has 4 aromatic rings. The molecule has 2 amide bonds. The molecule has 3 N–H and O–H groups in total. The summed E-state index contributed by atoms with van der Waals surface area (Å²) in [6, 6.07) is 5.52. The molecule has 0 aliphatic rings. The van der Waals surface area contributed by atoms with Crippen molar-refractivity contribution in [2.75, 3.05) is 24.7 Å². The van der Waals surface area contributed by atoms with Crippen molar-refractivity contribution >= 4 is 34.2 Å². The van der Waals surface area contributed by atoms with Crippen LogP contribution in [0.25, 0.3) is 27.9 Å². The number of hydrogen-bond donors (Lipinski definition) is 3. The number of carbonyl (C=O) groups excluding carboxylic acids is 1. The molecular weight excluding hydrogens is 332 g/mol. The topological polar surface area (TPSA) is 101 Å². The summed E-state index contributed by atoms with van der Waals surface area (Å²) in [5.74, 6) is 0.760. The fraction of sp³-hybridized carbons (Fsp3) is 0.176. The molecule has 0 aliphatic heterocycles. The van der Waals surface area contributed by atoms with Gasteiger partial charge in [-0.15, -0.1) is 0 Å². The second-order valence-corrected chi connectivity index (χ2v) is 5.80. The number of aromatic nitrogens is 5. The van der Waals surface area contributed by atoms with E-state index in [1.54, 1.807) is 24.0 Å². The lowest BCUT2D eigenvalue weighted by atomic mass is 10.1. The minimum atomic E-state index is -0.326. The van der Waals surface area contributed by atoms with Gasteiger partial charge in [0.25, 0.3) is 0 Å². The maximum atomic E-state index is 11.7. The standard InChI is InChI=1S/C17H18N8O/c1-18-14-7-12(11-9-24(3)15-10(11)5-4-6-20-15)22-16-13(8-21-25(14)16)23-17(26)19-2/h4-9,18H,1-3H3,(H2,19,23,26). The van der Waals surface area contributed by atoms with Crippen molar-refractivity contribution in [1.82, 2.24) is 29.5 Å². The van der Waals surface area contributed by atoms with Gasteiger partial charge < -0.3 is 20.5 Å². The first-order chi connectivity index (χ1) is 12.6. The van der Waals surface area contributed by atoms with Crippen LogP contribution in [0.1, 0.15) is 0 Å². The van der Waals surface area contributed by atoms with E-state index >= 15 is 0 Å². The van der Waals surface area contributed by atoms with Gasteiger partial charge in [0.05, 0.1) is 11.9 Å². The number of anilines is 2. The Morgan fingerprint density at radius 1 is 1.23 bits per heavy atom. The van der Waals surface area contributed by atoms with Gasteiger partial charge in [0.2, 0.25) is 0 Å². The lowest BCUT2D eigenvalue weighted by Gasteiger charge is -2.08. The molecule has 0 unspecified atom stereocenters. The van der Waals surface area contributed by atoms with Crippen LogP contribution in [-0.2, 0) is 7.05 Å². The average molecular weight is 350 g/mol.